The zero-order valence-electron chi connectivity index (χ0n) is 14.0. The Bertz CT molecular complexity index is 629. The number of aryl methyl sites for hydroxylation is 1. The highest BCUT2D eigenvalue weighted by Gasteiger charge is 2.43. The molecule has 1 saturated heterocycles. The Morgan fingerprint density at radius 1 is 1.30 bits per heavy atom. The average Bonchev–Trinajstić information content (AvgIpc) is 2.85. The van der Waals surface area contributed by atoms with E-state index in [0.717, 1.165) is 25.2 Å². The molecule has 1 aromatic rings. The highest BCUT2D eigenvalue weighted by molar-refractivity contribution is 5.98. The zero-order valence-corrected chi connectivity index (χ0v) is 14.0. The van der Waals surface area contributed by atoms with Crippen molar-refractivity contribution in [3.63, 3.8) is 0 Å². The highest BCUT2D eigenvalue weighted by atomic mass is 16.5. The number of methoxy groups -OCH3 is 1. The van der Waals surface area contributed by atoms with Crippen molar-refractivity contribution in [3.05, 3.63) is 29.3 Å². The van der Waals surface area contributed by atoms with Gasteiger partial charge in [-0.2, -0.15) is 0 Å². The summed E-state index contributed by atoms with van der Waals surface area (Å²) in [7, 11) is 3.49. The number of nitrogens with zero attached hydrogens (tertiary/aromatic N) is 2. The van der Waals surface area contributed by atoms with Crippen LogP contribution in [0.3, 0.4) is 0 Å². The van der Waals surface area contributed by atoms with Crippen molar-refractivity contribution in [2.24, 2.45) is 0 Å². The third-order valence-corrected chi connectivity index (χ3v) is 4.99. The molecule has 0 aliphatic carbocycles. The summed E-state index contributed by atoms with van der Waals surface area (Å²) in [5, 5.41) is 0. The molecule has 2 aliphatic rings. The van der Waals surface area contributed by atoms with Gasteiger partial charge < -0.3 is 14.5 Å². The molecule has 0 radical (unpaired) electrons. The molecule has 124 valence electrons. The first-order valence-electron chi connectivity index (χ1n) is 8.19. The number of piperidine rings is 1. The SMILES string of the molecule is COC(=O)CCC(=O)N1c2ccc(C)cc2[C@H]2CN(C)CC[C@@H]21. The predicted molar refractivity (Wildman–Crippen MR) is 88.6 cm³/mol. The number of hydrogen-bond acceptors (Lipinski definition) is 4. The fourth-order valence-electron chi connectivity index (χ4n) is 3.84. The first-order chi connectivity index (χ1) is 11.0. The van der Waals surface area contributed by atoms with Gasteiger partial charge in [0.1, 0.15) is 0 Å². The summed E-state index contributed by atoms with van der Waals surface area (Å²) < 4.78 is 4.65. The Kier molecular flexibility index (Phi) is 4.39. The number of esters is 1. The summed E-state index contributed by atoms with van der Waals surface area (Å²) in [6.45, 7) is 4.06. The quantitative estimate of drug-likeness (QED) is 0.801. The van der Waals surface area contributed by atoms with Crippen molar-refractivity contribution in [3.8, 4) is 0 Å². The van der Waals surface area contributed by atoms with Gasteiger partial charge in [-0.05, 0) is 38.6 Å². The first kappa shape index (κ1) is 16.0. The highest BCUT2D eigenvalue weighted by Crippen LogP contribution is 2.45. The minimum absolute atomic E-state index is 0.0255. The van der Waals surface area contributed by atoms with Gasteiger partial charge in [0.2, 0.25) is 5.91 Å². The number of carbonyl (C=O) groups is 2. The lowest BCUT2D eigenvalue weighted by Crippen LogP contribution is -2.47. The van der Waals surface area contributed by atoms with Crippen LogP contribution in [0.4, 0.5) is 5.69 Å². The van der Waals surface area contributed by atoms with E-state index in [2.05, 4.69) is 41.8 Å². The van der Waals surface area contributed by atoms with Crippen LogP contribution in [0.25, 0.3) is 0 Å². The van der Waals surface area contributed by atoms with Gasteiger partial charge in [-0.15, -0.1) is 0 Å². The van der Waals surface area contributed by atoms with Crippen molar-refractivity contribution < 1.29 is 14.3 Å². The standard InChI is InChI=1S/C18H24N2O3/c1-12-4-5-15-13(10-12)14-11-19(2)9-8-16(14)20(15)17(21)6-7-18(22)23-3/h4-5,10,14,16H,6-9,11H2,1-3H3/t14-,16+/m1/s1. The summed E-state index contributed by atoms with van der Waals surface area (Å²) in [4.78, 5) is 28.4. The van der Waals surface area contributed by atoms with E-state index in [9.17, 15) is 9.59 Å². The molecule has 0 N–H and O–H groups in total. The zero-order chi connectivity index (χ0) is 16.6. The second kappa shape index (κ2) is 6.32. The number of fused-ring (bicyclic) bond motifs is 3. The molecule has 1 aromatic carbocycles. The van der Waals surface area contributed by atoms with Crippen molar-refractivity contribution in [1.82, 2.24) is 4.90 Å². The molecule has 0 unspecified atom stereocenters. The van der Waals surface area contributed by atoms with Gasteiger partial charge in [0.25, 0.3) is 0 Å². The maximum absolute atomic E-state index is 12.8. The number of anilines is 1. The lowest BCUT2D eigenvalue weighted by Gasteiger charge is -2.36. The summed E-state index contributed by atoms with van der Waals surface area (Å²) in [6.07, 6.45) is 1.32. The summed E-state index contributed by atoms with van der Waals surface area (Å²) in [6, 6.07) is 6.53. The van der Waals surface area contributed by atoms with E-state index in [1.54, 1.807) is 0 Å². The van der Waals surface area contributed by atoms with Crippen molar-refractivity contribution >= 4 is 17.6 Å². The molecule has 23 heavy (non-hydrogen) atoms. The molecular weight excluding hydrogens is 292 g/mol. The molecular formula is C18H24N2O3. The Morgan fingerprint density at radius 3 is 2.83 bits per heavy atom. The molecule has 1 fully saturated rings. The number of benzene rings is 1. The lowest BCUT2D eigenvalue weighted by atomic mass is 9.89. The van der Waals surface area contributed by atoms with Crippen LogP contribution in [0.2, 0.25) is 0 Å². The van der Waals surface area contributed by atoms with Crippen LogP contribution in [-0.2, 0) is 14.3 Å². The fraction of sp³-hybridized carbons (Fsp3) is 0.556. The van der Waals surface area contributed by atoms with E-state index >= 15 is 0 Å². The van der Waals surface area contributed by atoms with Crippen LogP contribution in [0, 0.1) is 6.92 Å². The van der Waals surface area contributed by atoms with Gasteiger partial charge in [0.15, 0.2) is 0 Å². The van der Waals surface area contributed by atoms with Crippen LogP contribution in [0.1, 0.15) is 36.3 Å². The number of hydrogen-bond donors (Lipinski definition) is 0. The molecule has 0 aromatic heterocycles. The maximum Gasteiger partial charge on any atom is 0.306 e. The van der Waals surface area contributed by atoms with Crippen molar-refractivity contribution in [2.45, 2.75) is 38.1 Å². The third kappa shape index (κ3) is 2.98. The van der Waals surface area contributed by atoms with Gasteiger partial charge in [-0.3, -0.25) is 9.59 Å². The minimum atomic E-state index is -0.332. The lowest BCUT2D eigenvalue weighted by molar-refractivity contribution is -0.141. The summed E-state index contributed by atoms with van der Waals surface area (Å²) in [5.41, 5.74) is 3.52. The average molecular weight is 316 g/mol. The number of rotatable bonds is 3. The predicted octanol–water partition coefficient (Wildman–Crippen LogP) is 2.08. The number of likely N-dealkylation sites (N-methyl/N-ethyl adjacent to an activating group) is 1. The number of carbonyl (C=O) groups excluding carboxylic acids is 2. The maximum atomic E-state index is 12.8. The van der Waals surface area contributed by atoms with E-state index in [1.807, 2.05) is 4.90 Å². The smallest absolute Gasteiger partial charge is 0.306 e. The topological polar surface area (TPSA) is 49.9 Å². The fourth-order valence-corrected chi connectivity index (χ4v) is 3.84. The van der Waals surface area contributed by atoms with E-state index < -0.39 is 0 Å². The van der Waals surface area contributed by atoms with E-state index in [0.29, 0.717) is 5.92 Å². The molecule has 5 nitrogen and oxygen atoms in total. The molecule has 2 aliphatic heterocycles. The molecule has 0 saturated carbocycles. The molecule has 2 heterocycles. The summed E-state index contributed by atoms with van der Waals surface area (Å²) in [5.74, 6) is 0.0601. The van der Waals surface area contributed by atoms with Gasteiger partial charge in [0.05, 0.1) is 13.5 Å². The monoisotopic (exact) mass is 316 g/mol. The van der Waals surface area contributed by atoms with Crippen LogP contribution < -0.4 is 4.90 Å². The largest absolute Gasteiger partial charge is 0.469 e. The molecule has 1 amide bonds. The Hall–Kier alpha value is -1.88. The van der Waals surface area contributed by atoms with Gasteiger partial charge >= 0.3 is 5.97 Å². The first-order valence-corrected chi connectivity index (χ1v) is 8.19. The molecule has 0 bridgehead atoms. The van der Waals surface area contributed by atoms with Crippen LogP contribution in [0.15, 0.2) is 18.2 Å². The molecule has 2 atom stereocenters. The van der Waals surface area contributed by atoms with Crippen LogP contribution >= 0.6 is 0 Å². The second-order valence-electron chi connectivity index (χ2n) is 6.63. The Morgan fingerprint density at radius 2 is 2.09 bits per heavy atom. The number of amides is 1. The molecule has 3 rings (SSSR count). The van der Waals surface area contributed by atoms with E-state index in [-0.39, 0.29) is 30.8 Å². The normalized spacial score (nSPS) is 23.3. The molecule has 0 spiro atoms. The van der Waals surface area contributed by atoms with Crippen molar-refractivity contribution in [2.75, 3.05) is 32.1 Å². The van der Waals surface area contributed by atoms with E-state index in [4.69, 9.17) is 0 Å². The third-order valence-electron chi connectivity index (χ3n) is 4.99. The Balaban J connectivity index is 1.88. The van der Waals surface area contributed by atoms with Gasteiger partial charge in [-0.25, -0.2) is 0 Å². The summed E-state index contributed by atoms with van der Waals surface area (Å²) >= 11 is 0. The van der Waals surface area contributed by atoms with E-state index in [1.165, 1.54) is 18.2 Å². The van der Waals surface area contributed by atoms with Gasteiger partial charge in [-0.1, -0.05) is 17.7 Å². The van der Waals surface area contributed by atoms with Gasteiger partial charge in [0, 0.05) is 30.6 Å². The second-order valence-corrected chi connectivity index (χ2v) is 6.63. The molecule has 5 heteroatoms. The van der Waals surface area contributed by atoms with Crippen LogP contribution in [0.5, 0.6) is 0 Å². The minimum Gasteiger partial charge on any atom is -0.469 e. The number of likely N-dealkylation sites (tertiary alicyclic amines) is 1. The number of ether oxygens (including phenoxy) is 1. The van der Waals surface area contributed by atoms with Crippen molar-refractivity contribution in [1.29, 1.82) is 0 Å². The van der Waals surface area contributed by atoms with Crippen LogP contribution in [-0.4, -0.2) is 50.1 Å². The Labute approximate surface area is 137 Å².